The van der Waals surface area contributed by atoms with Crippen LogP contribution < -0.4 is 4.57 Å². The van der Waals surface area contributed by atoms with Crippen LogP contribution in [0.2, 0.25) is 0 Å². The monoisotopic (exact) mass is 896 g/mol. The van der Waals surface area contributed by atoms with Crippen LogP contribution in [0, 0.1) is 29.9 Å². The molecule has 0 unspecified atom stereocenters. The fourth-order valence-electron chi connectivity index (χ4n) is 6.47. The van der Waals surface area contributed by atoms with E-state index in [1.54, 1.807) is 11.3 Å². The fourth-order valence-corrected chi connectivity index (χ4v) is 7.43. The molecule has 0 saturated carbocycles. The van der Waals surface area contributed by atoms with Crippen molar-refractivity contribution in [3.05, 3.63) is 103 Å². The van der Waals surface area contributed by atoms with E-state index in [1.807, 2.05) is 58.5 Å². The molecular weight excluding hydrogens is 837 g/mol. The smallest absolute Gasteiger partial charge is 0.164 e. The molecule has 52 heavy (non-hydrogen) atoms. The normalized spacial score (nSPS) is 12.5. The van der Waals surface area contributed by atoms with E-state index in [9.17, 15) is 9.90 Å². The summed E-state index contributed by atoms with van der Waals surface area (Å²) >= 11 is 1.79. The molecule has 5 rings (SSSR count). The van der Waals surface area contributed by atoms with Gasteiger partial charge in [-0.25, -0.2) is 0 Å². The topological polar surface area (TPSA) is 54.1 Å². The Morgan fingerprint density at radius 3 is 2.19 bits per heavy atom. The molecule has 0 saturated heterocycles. The van der Waals surface area contributed by atoms with Crippen molar-refractivity contribution in [3.63, 3.8) is 0 Å². The summed E-state index contributed by atoms with van der Waals surface area (Å²) in [6, 6.07) is 18.9. The maximum absolute atomic E-state index is 12.2. The number of hydrogen-bond acceptors (Lipinski definition) is 4. The van der Waals surface area contributed by atoms with Gasteiger partial charge < -0.3 is 9.67 Å². The second-order valence-electron chi connectivity index (χ2n) is 16.0. The molecule has 0 aliphatic carbocycles. The number of carbonyl (C=O) groups is 1. The number of carbonyl (C=O) groups excluding carboxylic acids is 1. The maximum atomic E-state index is 12.2. The summed E-state index contributed by atoms with van der Waals surface area (Å²) in [6.07, 6.45) is 11.9. The van der Waals surface area contributed by atoms with E-state index in [4.69, 9.17) is 0 Å². The molecule has 1 N–H and O–H groups in total. The van der Waals surface area contributed by atoms with Gasteiger partial charge in [0.2, 0.25) is 0 Å². The van der Waals surface area contributed by atoms with Crippen LogP contribution in [0.15, 0.2) is 78.3 Å². The summed E-state index contributed by atoms with van der Waals surface area (Å²) in [4.78, 5) is 16.8. The molecule has 0 aliphatic heterocycles. The first-order valence-corrected chi connectivity index (χ1v) is 19.5. The number of allylic oxidation sites excluding steroid dienone is 2. The van der Waals surface area contributed by atoms with Crippen molar-refractivity contribution in [3.8, 4) is 22.4 Å². The van der Waals surface area contributed by atoms with Crippen LogP contribution in [0.1, 0.15) is 113 Å². The van der Waals surface area contributed by atoms with Crippen LogP contribution in [-0.2, 0) is 36.7 Å². The van der Waals surface area contributed by atoms with Gasteiger partial charge in [0, 0.05) is 67.4 Å². The molecule has 4 nitrogen and oxygen atoms in total. The van der Waals surface area contributed by atoms with Gasteiger partial charge >= 0.3 is 0 Å². The number of aliphatic hydroxyl groups excluding tert-OH is 1. The van der Waals surface area contributed by atoms with Gasteiger partial charge in [-0.3, -0.25) is 9.78 Å². The van der Waals surface area contributed by atoms with Crippen molar-refractivity contribution in [2.45, 2.75) is 114 Å². The molecule has 3 aromatic heterocycles. The third-order valence-electron chi connectivity index (χ3n) is 11.0. The van der Waals surface area contributed by atoms with Gasteiger partial charge in [0.25, 0.3) is 0 Å². The first kappa shape index (κ1) is 43.1. The van der Waals surface area contributed by atoms with Crippen molar-refractivity contribution in [1.29, 1.82) is 0 Å². The van der Waals surface area contributed by atoms with Crippen molar-refractivity contribution < 1.29 is 34.6 Å². The van der Waals surface area contributed by atoms with Crippen LogP contribution in [-0.4, -0.2) is 15.9 Å². The Hall–Kier alpha value is -3.31. The molecule has 5 aromatic rings. The SMILES string of the molecule is CCC(C)(CC)C(=O)/C=C(\O)C(C)(CC)CC.[CH2-][n+]1ccc(-c2cncc3scc(CC(C)C)c23)cc1-c1[c-]c2ccccc2c(C(C)(C)C)c1.[Ir]. The second-order valence-corrected chi connectivity index (χ2v) is 16.9. The third kappa shape index (κ3) is 9.43. The third-order valence-corrected chi connectivity index (χ3v) is 12.0. The van der Waals surface area contributed by atoms with E-state index in [-0.39, 0.29) is 47.9 Å². The summed E-state index contributed by atoms with van der Waals surface area (Å²) in [5, 5.41) is 16.2. The molecule has 1 radical (unpaired) electrons. The number of thiophene rings is 1. The minimum atomic E-state index is -0.337. The standard InChI is InChI=1S/C31H31N2S.C15H28O2.Ir/c1-20(2)13-24-19-34-29-18-32-17-26(30(24)29)22-11-12-33(6)28(16-22)23-14-21-9-7-8-10-25(21)27(15-23)31(3,4)5;1-7-14(5,8-2)12(16)11-13(17)15(6,9-3)10-4;/h7-12,15-20H,6,13H2,1-5H3;11,16H,7-10H2,1-6H3;/q-1;;/b;12-11-;. The number of fused-ring (bicyclic) bond motifs is 2. The second kappa shape index (κ2) is 17.7. The Kier molecular flexibility index (Phi) is 14.6. The van der Waals surface area contributed by atoms with Gasteiger partial charge in [-0.2, -0.15) is 0 Å². The summed E-state index contributed by atoms with van der Waals surface area (Å²) in [5.74, 6) is 0.893. The number of nitrogens with zero attached hydrogens (tertiary/aromatic N) is 2. The molecule has 3 heterocycles. The predicted molar refractivity (Wildman–Crippen MR) is 218 cm³/mol. The van der Waals surface area contributed by atoms with E-state index < -0.39 is 0 Å². The quantitative estimate of drug-likeness (QED) is 0.0622. The number of ketones is 1. The molecule has 0 amide bonds. The molecule has 0 aliphatic rings. The molecule has 0 atom stereocenters. The van der Waals surface area contributed by atoms with Crippen molar-refractivity contribution in [2.24, 2.45) is 16.7 Å². The van der Waals surface area contributed by atoms with Gasteiger partial charge in [0.05, 0.1) is 10.9 Å². The largest absolute Gasteiger partial charge is 0.512 e. The Bertz CT molecular complexity index is 2010. The van der Waals surface area contributed by atoms with Crippen LogP contribution in [0.3, 0.4) is 0 Å². The van der Waals surface area contributed by atoms with E-state index >= 15 is 0 Å². The van der Waals surface area contributed by atoms with Gasteiger partial charge in [0.1, 0.15) is 11.5 Å². The Morgan fingerprint density at radius 2 is 1.60 bits per heavy atom. The molecule has 2 aromatic carbocycles. The van der Waals surface area contributed by atoms with Gasteiger partial charge in [0.15, 0.2) is 5.78 Å². The predicted octanol–water partition coefficient (Wildman–Crippen LogP) is 12.7. The minimum absolute atomic E-state index is 0. The van der Waals surface area contributed by atoms with Crippen LogP contribution in [0.25, 0.3) is 43.2 Å². The number of benzene rings is 2. The zero-order chi connectivity index (χ0) is 37.7. The van der Waals surface area contributed by atoms with Crippen LogP contribution in [0.4, 0.5) is 0 Å². The summed E-state index contributed by atoms with van der Waals surface area (Å²) in [6.45, 7) is 23.4. The molecule has 6 heteroatoms. The molecule has 0 bridgehead atoms. The zero-order valence-electron chi connectivity index (χ0n) is 33.2. The van der Waals surface area contributed by atoms with Gasteiger partial charge in [-0.1, -0.05) is 105 Å². The Labute approximate surface area is 331 Å². The average Bonchev–Trinajstić information content (AvgIpc) is 3.52. The van der Waals surface area contributed by atoms with Crippen molar-refractivity contribution in [1.82, 2.24) is 4.98 Å². The Balaban J connectivity index is 0.000000347. The number of pyridine rings is 2. The van der Waals surface area contributed by atoms with E-state index in [1.165, 1.54) is 38.2 Å². The summed E-state index contributed by atoms with van der Waals surface area (Å²) in [5.41, 5.74) is 6.61. The summed E-state index contributed by atoms with van der Waals surface area (Å²) < 4.78 is 3.19. The average molecular weight is 896 g/mol. The van der Waals surface area contributed by atoms with E-state index in [2.05, 4.69) is 107 Å². The van der Waals surface area contributed by atoms with Gasteiger partial charge in [-0.15, -0.1) is 40.5 Å². The minimum Gasteiger partial charge on any atom is -0.512 e. The molecular formula is C46H59IrN2O2S-. The zero-order valence-corrected chi connectivity index (χ0v) is 36.5. The molecule has 0 spiro atoms. The first-order valence-electron chi connectivity index (χ1n) is 18.6. The Morgan fingerprint density at radius 1 is 0.962 bits per heavy atom. The molecule has 0 fully saturated rings. The van der Waals surface area contributed by atoms with Crippen molar-refractivity contribution >= 4 is 38.0 Å². The van der Waals surface area contributed by atoms with Gasteiger partial charge in [-0.05, 0) is 72.1 Å². The van der Waals surface area contributed by atoms with Crippen LogP contribution >= 0.6 is 11.3 Å². The first-order chi connectivity index (χ1) is 24.0. The fraction of sp³-hybridized carbons (Fsp3) is 0.435. The maximum Gasteiger partial charge on any atom is 0.164 e. The number of aliphatic hydroxyl groups is 1. The summed E-state index contributed by atoms with van der Waals surface area (Å²) in [7, 11) is 4.30. The van der Waals surface area contributed by atoms with E-state index in [0.717, 1.165) is 54.3 Å². The van der Waals surface area contributed by atoms with E-state index in [0.29, 0.717) is 5.92 Å². The molecule has 281 valence electrons. The number of hydrogen-bond donors (Lipinski definition) is 1. The van der Waals surface area contributed by atoms with Crippen LogP contribution in [0.5, 0.6) is 0 Å². The number of aromatic nitrogens is 2. The number of rotatable bonds is 11. The van der Waals surface area contributed by atoms with Crippen molar-refractivity contribution in [2.75, 3.05) is 0 Å².